The number of rotatable bonds is 4. The van der Waals surface area contributed by atoms with Gasteiger partial charge in [0.15, 0.2) is 0 Å². The lowest BCUT2D eigenvalue weighted by molar-refractivity contribution is 0.560. The second-order valence-corrected chi connectivity index (χ2v) is 5.54. The van der Waals surface area contributed by atoms with E-state index in [1.54, 1.807) is 13.0 Å². The fraction of sp³-hybridized carbons (Fsp3) is 0.222. The Morgan fingerprint density at radius 3 is 2.77 bits per heavy atom. The molecule has 2 rings (SSSR count). The van der Waals surface area contributed by atoms with Crippen LogP contribution < -0.4 is 5.73 Å². The maximum Gasteiger partial charge on any atom is 0.145 e. The fourth-order valence-corrected chi connectivity index (χ4v) is 2.68. The Hall–Kier alpha value is -1.84. The zero-order valence-corrected chi connectivity index (χ0v) is 13.6. The van der Waals surface area contributed by atoms with E-state index in [9.17, 15) is 4.39 Å². The molecule has 1 aliphatic rings. The number of halogens is 2. The predicted molar refractivity (Wildman–Crippen MR) is 91.7 cm³/mol. The fourth-order valence-electron chi connectivity index (χ4n) is 2.47. The van der Waals surface area contributed by atoms with Gasteiger partial charge in [-0.2, -0.15) is 0 Å². The van der Waals surface area contributed by atoms with E-state index >= 15 is 0 Å². The zero-order valence-electron chi connectivity index (χ0n) is 12.9. The summed E-state index contributed by atoms with van der Waals surface area (Å²) in [6.45, 7) is 8.31. The van der Waals surface area contributed by atoms with Crippen molar-refractivity contribution in [2.45, 2.75) is 20.3 Å². The summed E-state index contributed by atoms with van der Waals surface area (Å²) in [7, 11) is 0. The van der Waals surface area contributed by atoms with E-state index in [-0.39, 0.29) is 10.8 Å². The zero-order chi connectivity index (χ0) is 16.3. The first-order chi connectivity index (χ1) is 10.5. The largest absolute Gasteiger partial charge is 0.330 e. The topological polar surface area (TPSA) is 29.3 Å². The van der Waals surface area contributed by atoms with Crippen LogP contribution in [-0.4, -0.2) is 11.4 Å². The van der Waals surface area contributed by atoms with Gasteiger partial charge < -0.3 is 10.6 Å². The molecule has 1 aliphatic heterocycles. The maximum absolute atomic E-state index is 14.0. The van der Waals surface area contributed by atoms with Crippen LogP contribution in [0, 0.1) is 12.7 Å². The van der Waals surface area contributed by atoms with Gasteiger partial charge in [-0.3, -0.25) is 0 Å². The quantitative estimate of drug-likeness (QED) is 0.866. The molecule has 1 aromatic carbocycles. The van der Waals surface area contributed by atoms with Crippen LogP contribution in [0.3, 0.4) is 0 Å². The summed E-state index contributed by atoms with van der Waals surface area (Å²) in [6.07, 6.45) is 8.58. The van der Waals surface area contributed by atoms with Crippen LogP contribution in [0.25, 0.3) is 5.57 Å². The summed E-state index contributed by atoms with van der Waals surface area (Å²) in [4.78, 5) is 1.99. The highest BCUT2D eigenvalue weighted by Crippen LogP contribution is 2.31. The highest BCUT2D eigenvalue weighted by atomic mass is 35.5. The SMILES string of the molecule is C=C1C=CC(c2ccc(Cl)c(F)c2C)=CN1/C(=C\C)CCN. The molecular formula is C18H20ClFN2. The molecule has 22 heavy (non-hydrogen) atoms. The molecule has 4 heteroatoms. The second kappa shape index (κ2) is 6.95. The minimum atomic E-state index is -0.377. The van der Waals surface area contributed by atoms with Crippen LogP contribution in [0.1, 0.15) is 24.5 Å². The average Bonchev–Trinajstić information content (AvgIpc) is 2.52. The molecule has 0 unspecified atom stereocenters. The molecule has 1 heterocycles. The molecule has 116 valence electrons. The monoisotopic (exact) mass is 318 g/mol. The number of allylic oxidation sites excluding steroid dienone is 4. The Bertz CT molecular complexity index is 687. The summed E-state index contributed by atoms with van der Waals surface area (Å²) in [5.41, 5.74) is 9.86. The Morgan fingerprint density at radius 1 is 1.41 bits per heavy atom. The molecule has 2 nitrogen and oxygen atoms in total. The van der Waals surface area contributed by atoms with Gasteiger partial charge in [0.25, 0.3) is 0 Å². The first kappa shape index (κ1) is 16.5. The van der Waals surface area contributed by atoms with Crippen molar-refractivity contribution in [1.82, 2.24) is 4.90 Å². The van der Waals surface area contributed by atoms with Crippen molar-refractivity contribution in [1.29, 1.82) is 0 Å². The van der Waals surface area contributed by atoms with Gasteiger partial charge in [-0.25, -0.2) is 4.39 Å². The average molecular weight is 319 g/mol. The molecule has 0 saturated carbocycles. The Morgan fingerprint density at radius 2 is 2.14 bits per heavy atom. The van der Waals surface area contributed by atoms with Gasteiger partial charge in [-0.1, -0.05) is 36.4 Å². The molecule has 1 aromatic rings. The van der Waals surface area contributed by atoms with Gasteiger partial charge in [-0.15, -0.1) is 0 Å². The van der Waals surface area contributed by atoms with E-state index in [1.165, 1.54) is 0 Å². The second-order valence-electron chi connectivity index (χ2n) is 5.13. The van der Waals surface area contributed by atoms with Crippen molar-refractivity contribution in [3.05, 3.63) is 76.5 Å². The third-order valence-corrected chi connectivity index (χ3v) is 4.02. The lowest BCUT2D eigenvalue weighted by Crippen LogP contribution is -2.19. The van der Waals surface area contributed by atoms with E-state index in [0.717, 1.165) is 29.0 Å². The van der Waals surface area contributed by atoms with Gasteiger partial charge >= 0.3 is 0 Å². The minimum Gasteiger partial charge on any atom is -0.330 e. The lowest BCUT2D eigenvalue weighted by Gasteiger charge is -2.28. The van der Waals surface area contributed by atoms with Gasteiger partial charge in [0.05, 0.1) is 5.02 Å². The molecule has 2 N–H and O–H groups in total. The normalized spacial score (nSPS) is 15.3. The van der Waals surface area contributed by atoms with Crippen molar-refractivity contribution in [2.75, 3.05) is 6.54 Å². The van der Waals surface area contributed by atoms with E-state index < -0.39 is 0 Å². The first-order valence-electron chi connectivity index (χ1n) is 7.17. The summed E-state index contributed by atoms with van der Waals surface area (Å²) < 4.78 is 14.0. The van der Waals surface area contributed by atoms with Crippen LogP contribution in [0.5, 0.6) is 0 Å². The lowest BCUT2D eigenvalue weighted by atomic mass is 9.98. The van der Waals surface area contributed by atoms with Crippen LogP contribution in [-0.2, 0) is 0 Å². The van der Waals surface area contributed by atoms with Crippen LogP contribution >= 0.6 is 11.6 Å². The molecule has 0 bridgehead atoms. The molecule has 0 aliphatic carbocycles. The highest BCUT2D eigenvalue weighted by Gasteiger charge is 2.16. The van der Waals surface area contributed by atoms with E-state index in [4.69, 9.17) is 17.3 Å². The van der Waals surface area contributed by atoms with E-state index in [1.807, 2.05) is 42.3 Å². The third-order valence-electron chi connectivity index (χ3n) is 3.73. The molecule has 0 atom stereocenters. The molecule has 0 fully saturated rings. The Balaban J connectivity index is 2.46. The van der Waals surface area contributed by atoms with Gasteiger partial charge in [0.2, 0.25) is 0 Å². The van der Waals surface area contributed by atoms with Crippen molar-refractivity contribution < 1.29 is 4.39 Å². The first-order valence-corrected chi connectivity index (χ1v) is 7.55. The maximum atomic E-state index is 14.0. The molecule has 0 amide bonds. The Kier molecular flexibility index (Phi) is 5.22. The third kappa shape index (κ3) is 3.16. The van der Waals surface area contributed by atoms with Crippen molar-refractivity contribution >= 4 is 17.2 Å². The number of hydrogen-bond acceptors (Lipinski definition) is 2. The number of nitrogens with zero attached hydrogens (tertiary/aromatic N) is 1. The van der Waals surface area contributed by atoms with Crippen LogP contribution in [0.15, 0.2) is 54.5 Å². The van der Waals surface area contributed by atoms with Gasteiger partial charge in [0.1, 0.15) is 5.82 Å². The molecule has 0 saturated heterocycles. The smallest absolute Gasteiger partial charge is 0.145 e. The standard InChI is InChI=1S/C18H20ClFN2/c1-4-15(9-10-21)22-11-14(6-5-12(22)2)16-7-8-17(19)18(20)13(16)3/h4-8,11H,2,9-10,21H2,1,3H3/b15-4-. The van der Waals surface area contributed by atoms with Gasteiger partial charge in [0, 0.05) is 17.6 Å². The molecular weight excluding hydrogens is 299 g/mol. The summed E-state index contributed by atoms with van der Waals surface area (Å²) in [5.74, 6) is -0.377. The summed E-state index contributed by atoms with van der Waals surface area (Å²) in [5, 5.41) is 0.139. The number of hydrogen-bond donors (Lipinski definition) is 1. The number of nitrogens with two attached hydrogens (primary N) is 1. The van der Waals surface area contributed by atoms with Gasteiger partial charge in [-0.05, 0) is 55.7 Å². The van der Waals surface area contributed by atoms with Crippen LogP contribution in [0.4, 0.5) is 4.39 Å². The molecule has 0 spiro atoms. The molecule has 0 aromatic heterocycles. The van der Waals surface area contributed by atoms with Crippen LogP contribution in [0.2, 0.25) is 5.02 Å². The Labute approximate surface area is 136 Å². The summed E-state index contributed by atoms with van der Waals surface area (Å²) >= 11 is 5.83. The predicted octanol–water partition coefficient (Wildman–Crippen LogP) is 4.77. The number of benzene rings is 1. The van der Waals surface area contributed by atoms with E-state index in [0.29, 0.717) is 12.1 Å². The minimum absolute atomic E-state index is 0.139. The van der Waals surface area contributed by atoms with Crippen molar-refractivity contribution in [3.63, 3.8) is 0 Å². The highest BCUT2D eigenvalue weighted by molar-refractivity contribution is 6.30. The molecule has 0 radical (unpaired) electrons. The van der Waals surface area contributed by atoms with E-state index in [2.05, 4.69) is 6.58 Å². The van der Waals surface area contributed by atoms with Crippen molar-refractivity contribution in [3.8, 4) is 0 Å². The van der Waals surface area contributed by atoms with Crippen molar-refractivity contribution in [2.24, 2.45) is 5.73 Å². The summed E-state index contributed by atoms with van der Waals surface area (Å²) in [6, 6.07) is 3.42.